The first-order valence-corrected chi connectivity index (χ1v) is 9.44. The van der Waals surface area contributed by atoms with E-state index in [0.29, 0.717) is 19.3 Å². The second-order valence-electron chi connectivity index (χ2n) is 6.70. The van der Waals surface area contributed by atoms with E-state index >= 15 is 0 Å². The fraction of sp³-hybridized carbons (Fsp3) is 0.895. The van der Waals surface area contributed by atoms with E-state index in [0.717, 1.165) is 38.5 Å². The Morgan fingerprint density at radius 1 is 0.792 bits per heavy atom. The van der Waals surface area contributed by atoms with Crippen molar-refractivity contribution >= 4 is 30.8 Å². The molecule has 0 aliphatic carbocycles. The third-order valence-corrected chi connectivity index (χ3v) is 5.03. The fourth-order valence-electron chi connectivity index (χ4n) is 3.48. The molecule has 0 aromatic rings. The quantitative estimate of drug-likeness (QED) is 0.255. The SMILES string of the molecule is CCCCCCCCC(C(=O)O)(C(=O)O)C(CC)CCCCC.[LiH]. The van der Waals surface area contributed by atoms with Gasteiger partial charge in [-0.05, 0) is 18.8 Å². The molecule has 0 aliphatic heterocycles. The fourth-order valence-corrected chi connectivity index (χ4v) is 3.48. The van der Waals surface area contributed by atoms with Gasteiger partial charge in [-0.25, -0.2) is 0 Å². The van der Waals surface area contributed by atoms with Gasteiger partial charge in [0.15, 0.2) is 5.41 Å². The average molecular weight is 336 g/mol. The van der Waals surface area contributed by atoms with Crippen molar-refractivity contribution in [2.45, 2.75) is 97.8 Å². The molecule has 0 saturated heterocycles. The zero-order chi connectivity index (χ0) is 17.7. The van der Waals surface area contributed by atoms with E-state index in [2.05, 4.69) is 13.8 Å². The van der Waals surface area contributed by atoms with Gasteiger partial charge in [0.05, 0.1) is 0 Å². The molecule has 0 aliphatic rings. The number of carbonyl (C=O) groups is 2. The first-order valence-electron chi connectivity index (χ1n) is 9.44. The van der Waals surface area contributed by atoms with E-state index in [1.165, 1.54) is 12.8 Å². The Labute approximate surface area is 160 Å². The van der Waals surface area contributed by atoms with Crippen LogP contribution >= 0.6 is 0 Å². The Kier molecular flexibility index (Phi) is 15.9. The summed E-state index contributed by atoms with van der Waals surface area (Å²) in [6.45, 7) is 6.17. The van der Waals surface area contributed by atoms with E-state index < -0.39 is 17.4 Å². The number of unbranched alkanes of at least 4 members (excludes halogenated alkanes) is 7. The number of rotatable bonds is 15. The monoisotopic (exact) mass is 336 g/mol. The van der Waals surface area contributed by atoms with Crippen LogP contribution in [0.2, 0.25) is 0 Å². The molecule has 0 amide bonds. The maximum absolute atomic E-state index is 11.9. The van der Waals surface area contributed by atoms with Gasteiger partial charge >= 0.3 is 30.8 Å². The van der Waals surface area contributed by atoms with Crippen LogP contribution in [0.1, 0.15) is 97.8 Å². The third kappa shape index (κ3) is 8.08. The number of hydrogen-bond donors (Lipinski definition) is 2. The Hall–Kier alpha value is -0.463. The zero-order valence-corrected chi connectivity index (χ0v) is 15.3. The Morgan fingerprint density at radius 3 is 1.71 bits per heavy atom. The van der Waals surface area contributed by atoms with E-state index in [1.54, 1.807) is 0 Å². The van der Waals surface area contributed by atoms with Crippen molar-refractivity contribution in [1.29, 1.82) is 0 Å². The summed E-state index contributed by atoms with van der Waals surface area (Å²) < 4.78 is 0. The van der Waals surface area contributed by atoms with Crippen molar-refractivity contribution in [3.05, 3.63) is 0 Å². The van der Waals surface area contributed by atoms with Crippen LogP contribution in [-0.2, 0) is 9.59 Å². The first kappa shape index (κ1) is 25.8. The summed E-state index contributed by atoms with van der Waals surface area (Å²) in [7, 11) is 0. The van der Waals surface area contributed by atoms with Crippen molar-refractivity contribution in [3.8, 4) is 0 Å². The molecule has 0 aromatic heterocycles. The molecule has 0 spiro atoms. The van der Waals surface area contributed by atoms with Gasteiger partial charge in [0.2, 0.25) is 0 Å². The standard InChI is InChI=1S/C19H36O4.Li.H/c1-4-7-9-10-11-13-15-19(17(20)21,18(22)23)16(6-3)14-12-8-5-2;;/h16H,4-15H2,1-3H3,(H,20,21)(H,22,23);;. The van der Waals surface area contributed by atoms with Crippen molar-refractivity contribution in [1.82, 2.24) is 0 Å². The summed E-state index contributed by atoms with van der Waals surface area (Å²) >= 11 is 0. The van der Waals surface area contributed by atoms with E-state index in [-0.39, 0.29) is 31.2 Å². The molecule has 0 aromatic carbocycles. The third-order valence-electron chi connectivity index (χ3n) is 5.03. The topological polar surface area (TPSA) is 74.6 Å². The molecule has 1 atom stereocenters. The predicted octanol–water partition coefficient (Wildman–Crippen LogP) is 4.85. The molecule has 0 heterocycles. The second-order valence-corrected chi connectivity index (χ2v) is 6.70. The molecule has 0 fully saturated rings. The van der Waals surface area contributed by atoms with Gasteiger partial charge < -0.3 is 10.2 Å². The first-order chi connectivity index (χ1) is 11.0. The van der Waals surface area contributed by atoms with Crippen LogP contribution in [0, 0.1) is 11.3 Å². The summed E-state index contributed by atoms with van der Waals surface area (Å²) in [4.78, 5) is 23.8. The van der Waals surface area contributed by atoms with Crippen LogP contribution in [0.15, 0.2) is 0 Å². The molecule has 5 heteroatoms. The molecule has 138 valence electrons. The molecule has 2 N–H and O–H groups in total. The van der Waals surface area contributed by atoms with Gasteiger partial charge in [-0.3, -0.25) is 9.59 Å². The molecule has 4 nitrogen and oxygen atoms in total. The van der Waals surface area contributed by atoms with Crippen molar-refractivity contribution in [3.63, 3.8) is 0 Å². The van der Waals surface area contributed by atoms with Crippen LogP contribution in [0.3, 0.4) is 0 Å². The van der Waals surface area contributed by atoms with Crippen molar-refractivity contribution in [2.24, 2.45) is 11.3 Å². The maximum atomic E-state index is 11.9. The molecular formula is C19H37LiO4. The Morgan fingerprint density at radius 2 is 1.25 bits per heavy atom. The van der Waals surface area contributed by atoms with Crippen LogP contribution in [0.5, 0.6) is 0 Å². The summed E-state index contributed by atoms with van der Waals surface area (Å²) in [5.74, 6) is -2.58. The van der Waals surface area contributed by atoms with Gasteiger partial charge in [-0.15, -0.1) is 0 Å². The minimum absolute atomic E-state index is 0. The van der Waals surface area contributed by atoms with E-state index in [4.69, 9.17) is 0 Å². The number of aliphatic carboxylic acids is 2. The Balaban J connectivity index is 0. The Bertz CT molecular complexity index is 330. The van der Waals surface area contributed by atoms with Crippen LogP contribution in [0.4, 0.5) is 0 Å². The van der Waals surface area contributed by atoms with Gasteiger partial charge in [0, 0.05) is 0 Å². The van der Waals surface area contributed by atoms with Crippen molar-refractivity contribution in [2.75, 3.05) is 0 Å². The van der Waals surface area contributed by atoms with Crippen molar-refractivity contribution < 1.29 is 19.8 Å². The number of hydrogen-bond acceptors (Lipinski definition) is 2. The summed E-state index contributed by atoms with van der Waals surface area (Å²) in [6.07, 6.45) is 10.7. The van der Waals surface area contributed by atoms with Crippen LogP contribution in [-0.4, -0.2) is 41.0 Å². The van der Waals surface area contributed by atoms with Gasteiger partial charge in [0.25, 0.3) is 0 Å². The molecule has 24 heavy (non-hydrogen) atoms. The van der Waals surface area contributed by atoms with Crippen LogP contribution in [0.25, 0.3) is 0 Å². The van der Waals surface area contributed by atoms with Gasteiger partial charge in [-0.1, -0.05) is 85.0 Å². The van der Waals surface area contributed by atoms with E-state index in [1.807, 2.05) is 6.92 Å². The van der Waals surface area contributed by atoms with Gasteiger partial charge in [-0.2, -0.15) is 0 Å². The summed E-state index contributed by atoms with van der Waals surface area (Å²) in [5.41, 5.74) is -1.60. The zero-order valence-electron chi connectivity index (χ0n) is 15.3. The summed E-state index contributed by atoms with van der Waals surface area (Å²) in [6, 6.07) is 0. The molecule has 0 bridgehead atoms. The molecule has 0 rings (SSSR count). The predicted molar refractivity (Wildman–Crippen MR) is 101 cm³/mol. The summed E-state index contributed by atoms with van der Waals surface area (Å²) in [5, 5.41) is 19.4. The van der Waals surface area contributed by atoms with Gasteiger partial charge in [0.1, 0.15) is 0 Å². The van der Waals surface area contributed by atoms with E-state index in [9.17, 15) is 19.8 Å². The molecular weight excluding hydrogens is 299 g/mol. The molecule has 1 unspecified atom stereocenters. The second kappa shape index (κ2) is 14.8. The molecule has 0 radical (unpaired) electrons. The van der Waals surface area contributed by atoms with Crippen LogP contribution < -0.4 is 0 Å². The number of carboxylic acids is 2. The molecule has 0 saturated carbocycles. The number of carboxylic acid groups (broad SMARTS) is 2. The normalized spacial score (nSPS) is 12.5. The minimum atomic E-state index is -1.60. The average Bonchev–Trinajstić information content (AvgIpc) is 2.51.